The van der Waals surface area contributed by atoms with Crippen molar-refractivity contribution in [2.24, 2.45) is 5.73 Å². The van der Waals surface area contributed by atoms with Gasteiger partial charge in [0.05, 0.1) is 12.3 Å². The third-order valence-electron chi connectivity index (χ3n) is 3.12. The van der Waals surface area contributed by atoms with Crippen molar-refractivity contribution in [2.75, 3.05) is 6.61 Å². The quantitative estimate of drug-likeness (QED) is 0.885. The number of hydrogen-bond acceptors (Lipinski definition) is 4. The minimum Gasteiger partial charge on any atom is -0.493 e. The van der Waals surface area contributed by atoms with E-state index in [-0.39, 0.29) is 5.56 Å². The fraction of sp³-hybridized carbons (Fsp3) is 0.375. The van der Waals surface area contributed by atoms with E-state index in [1.807, 2.05) is 24.3 Å². The lowest BCUT2D eigenvalue weighted by atomic mass is 9.96. The molecule has 0 atom stereocenters. The molecule has 0 unspecified atom stereocenters. The van der Waals surface area contributed by atoms with Gasteiger partial charge in [-0.05, 0) is 38.5 Å². The summed E-state index contributed by atoms with van der Waals surface area (Å²) in [5.41, 5.74) is 7.03. The molecule has 0 saturated carbocycles. The molecule has 0 radical (unpaired) electrons. The van der Waals surface area contributed by atoms with Gasteiger partial charge in [-0.1, -0.05) is 19.1 Å². The Morgan fingerprint density at radius 3 is 2.71 bits per heavy atom. The highest BCUT2D eigenvalue weighted by atomic mass is 16.5. The maximum atomic E-state index is 11.9. The maximum Gasteiger partial charge on any atom is 0.269 e. The molecule has 2 rings (SSSR count). The van der Waals surface area contributed by atoms with E-state index in [0.717, 1.165) is 17.7 Å². The van der Waals surface area contributed by atoms with Crippen molar-refractivity contribution in [3.63, 3.8) is 0 Å². The number of hydrogen-bond donors (Lipinski definition) is 2. The molecule has 21 heavy (non-hydrogen) atoms. The number of ether oxygens (including phenoxy) is 1. The molecule has 5 heteroatoms. The standard InChI is InChI=1S/C16H21N3O2/c1-4-9-21-14-8-6-5-7-11(14)13-10-12(16(2,3)17)15(20)19-18-13/h5-8,10H,4,9,17H2,1-3H3,(H,19,20). The van der Waals surface area contributed by atoms with E-state index >= 15 is 0 Å². The van der Waals surface area contributed by atoms with E-state index in [2.05, 4.69) is 17.1 Å². The van der Waals surface area contributed by atoms with Gasteiger partial charge in [0, 0.05) is 16.7 Å². The van der Waals surface area contributed by atoms with Gasteiger partial charge in [0.25, 0.3) is 5.56 Å². The zero-order valence-corrected chi connectivity index (χ0v) is 12.6. The largest absolute Gasteiger partial charge is 0.493 e. The van der Waals surface area contributed by atoms with Gasteiger partial charge in [-0.15, -0.1) is 0 Å². The Bertz CT molecular complexity index is 672. The van der Waals surface area contributed by atoms with Crippen molar-refractivity contribution >= 4 is 0 Å². The first kappa shape index (κ1) is 15.3. The zero-order valence-electron chi connectivity index (χ0n) is 12.6. The SMILES string of the molecule is CCCOc1ccccc1-c1cc(C(C)(C)N)c(=O)[nH]n1. The molecule has 0 aliphatic heterocycles. The summed E-state index contributed by atoms with van der Waals surface area (Å²) in [6.45, 7) is 6.27. The summed E-state index contributed by atoms with van der Waals surface area (Å²) in [6.07, 6.45) is 0.925. The van der Waals surface area contributed by atoms with Crippen LogP contribution in [0, 0.1) is 0 Å². The minimum absolute atomic E-state index is 0.266. The molecule has 0 aliphatic carbocycles. The van der Waals surface area contributed by atoms with Gasteiger partial charge in [0.2, 0.25) is 0 Å². The van der Waals surface area contributed by atoms with E-state index in [4.69, 9.17) is 10.5 Å². The number of H-pyrrole nitrogens is 1. The molecule has 1 aromatic carbocycles. The van der Waals surface area contributed by atoms with Crippen molar-refractivity contribution in [3.8, 4) is 17.0 Å². The van der Waals surface area contributed by atoms with Crippen molar-refractivity contribution in [1.29, 1.82) is 0 Å². The third-order valence-corrected chi connectivity index (χ3v) is 3.12. The molecule has 5 nitrogen and oxygen atoms in total. The highest BCUT2D eigenvalue weighted by Gasteiger charge is 2.20. The van der Waals surface area contributed by atoms with E-state index in [9.17, 15) is 4.79 Å². The van der Waals surface area contributed by atoms with Crippen LogP contribution in [0.3, 0.4) is 0 Å². The van der Waals surface area contributed by atoms with Gasteiger partial charge in [-0.25, -0.2) is 5.10 Å². The van der Waals surface area contributed by atoms with Crippen molar-refractivity contribution in [1.82, 2.24) is 10.2 Å². The fourth-order valence-corrected chi connectivity index (χ4v) is 2.04. The average Bonchev–Trinajstić information content (AvgIpc) is 2.45. The number of benzene rings is 1. The van der Waals surface area contributed by atoms with Crippen LogP contribution < -0.4 is 16.0 Å². The normalized spacial score (nSPS) is 11.4. The molecular formula is C16H21N3O2. The smallest absolute Gasteiger partial charge is 0.269 e. The molecular weight excluding hydrogens is 266 g/mol. The fourth-order valence-electron chi connectivity index (χ4n) is 2.04. The van der Waals surface area contributed by atoms with Gasteiger partial charge >= 0.3 is 0 Å². The predicted molar refractivity (Wildman–Crippen MR) is 83.3 cm³/mol. The van der Waals surface area contributed by atoms with E-state index in [1.54, 1.807) is 19.9 Å². The molecule has 0 amide bonds. The second-order valence-electron chi connectivity index (χ2n) is 5.56. The Morgan fingerprint density at radius 2 is 2.05 bits per heavy atom. The molecule has 0 saturated heterocycles. The molecule has 112 valence electrons. The summed E-state index contributed by atoms with van der Waals surface area (Å²) in [5.74, 6) is 0.750. The zero-order chi connectivity index (χ0) is 15.5. The molecule has 1 heterocycles. The van der Waals surface area contributed by atoms with E-state index < -0.39 is 5.54 Å². The number of aromatic nitrogens is 2. The first-order valence-corrected chi connectivity index (χ1v) is 7.04. The number of aromatic amines is 1. The van der Waals surface area contributed by atoms with Gasteiger partial charge in [0.15, 0.2) is 0 Å². The van der Waals surface area contributed by atoms with Crippen molar-refractivity contribution < 1.29 is 4.74 Å². The predicted octanol–water partition coefficient (Wildman–Crippen LogP) is 2.42. The molecule has 1 aromatic heterocycles. The van der Waals surface area contributed by atoms with Gasteiger partial charge in [0.1, 0.15) is 5.75 Å². The lowest BCUT2D eigenvalue weighted by molar-refractivity contribution is 0.318. The highest BCUT2D eigenvalue weighted by molar-refractivity contribution is 5.67. The molecule has 0 spiro atoms. The molecule has 2 aromatic rings. The van der Waals surface area contributed by atoms with E-state index in [0.29, 0.717) is 17.9 Å². The van der Waals surface area contributed by atoms with Gasteiger partial charge in [-0.2, -0.15) is 5.10 Å². The Kier molecular flexibility index (Phi) is 4.43. The second kappa shape index (κ2) is 6.10. The Hall–Kier alpha value is -2.14. The lowest BCUT2D eigenvalue weighted by Gasteiger charge is -2.18. The Balaban J connectivity index is 2.50. The molecule has 0 bridgehead atoms. The summed E-state index contributed by atoms with van der Waals surface area (Å²) in [7, 11) is 0. The topological polar surface area (TPSA) is 81.0 Å². The summed E-state index contributed by atoms with van der Waals surface area (Å²) in [4.78, 5) is 11.9. The van der Waals surface area contributed by atoms with Crippen LogP contribution in [0.5, 0.6) is 5.75 Å². The van der Waals surface area contributed by atoms with Crippen LogP contribution in [0.25, 0.3) is 11.3 Å². The summed E-state index contributed by atoms with van der Waals surface area (Å²) < 4.78 is 5.73. The third kappa shape index (κ3) is 3.49. The number of para-hydroxylation sites is 1. The summed E-state index contributed by atoms with van der Waals surface area (Å²) in [5, 5.41) is 6.63. The number of nitrogens with two attached hydrogens (primary N) is 1. The first-order chi connectivity index (χ1) is 9.93. The Morgan fingerprint density at radius 1 is 1.33 bits per heavy atom. The van der Waals surface area contributed by atoms with Crippen LogP contribution in [0.2, 0.25) is 0 Å². The molecule has 0 fully saturated rings. The van der Waals surface area contributed by atoms with Crippen LogP contribution in [0.1, 0.15) is 32.8 Å². The average molecular weight is 287 g/mol. The van der Waals surface area contributed by atoms with Crippen molar-refractivity contribution in [3.05, 3.63) is 46.2 Å². The van der Waals surface area contributed by atoms with Crippen molar-refractivity contribution in [2.45, 2.75) is 32.7 Å². The highest BCUT2D eigenvalue weighted by Crippen LogP contribution is 2.29. The molecule has 0 aliphatic rings. The second-order valence-corrected chi connectivity index (χ2v) is 5.56. The first-order valence-electron chi connectivity index (χ1n) is 7.04. The molecule has 3 N–H and O–H groups in total. The van der Waals surface area contributed by atoms with Gasteiger partial charge in [-0.3, -0.25) is 4.79 Å². The van der Waals surface area contributed by atoms with Crippen LogP contribution in [-0.2, 0) is 5.54 Å². The van der Waals surface area contributed by atoms with Crippen LogP contribution in [-0.4, -0.2) is 16.8 Å². The van der Waals surface area contributed by atoms with E-state index in [1.165, 1.54) is 0 Å². The summed E-state index contributed by atoms with van der Waals surface area (Å²) >= 11 is 0. The van der Waals surface area contributed by atoms with Crippen LogP contribution in [0.4, 0.5) is 0 Å². The van der Waals surface area contributed by atoms with Crippen LogP contribution >= 0.6 is 0 Å². The number of nitrogens with one attached hydrogen (secondary N) is 1. The Labute approximate surface area is 124 Å². The monoisotopic (exact) mass is 287 g/mol. The summed E-state index contributed by atoms with van der Waals surface area (Å²) in [6, 6.07) is 9.36. The lowest BCUT2D eigenvalue weighted by Crippen LogP contribution is -2.35. The number of nitrogens with zero attached hydrogens (tertiary/aromatic N) is 1. The van der Waals surface area contributed by atoms with Crippen LogP contribution in [0.15, 0.2) is 35.1 Å². The number of rotatable bonds is 5. The minimum atomic E-state index is -0.732. The maximum absolute atomic E-state index is 11.9. The van der Waals surface area contributed by atoms with Gasteiger partial charge < -0.3 is 10.5 Å².